The Morgan fingerprint density at radius 1 is 1.35 bits per heavy atom. The largest absolute Gasteiger partial charge is 0.397 e. The van der Waals surface area contributed by atoms with Crippen LogP contribution in [0.1, 0.15) is 24.0 Å². The zero-order valence-corrected chi connectivity index (χ0v) is 10.8. The standard InChI is InChI=1S/C14H14F3NO2/c1-10-6-11(4-2-3-5-19)8-12(7-10)18-13(20)9-14(15,16)17/h6-8,19H,3,5,9H2,1H3,(H,18,20). The number of nitrogens with one attached hydrogen (secondary N) is 1. The van der Waals surface area contributed by atoms with E-state index in [1.807, 2.05) is 0 Å². The molecule has 1 rings (SSSR count). The summed E-state index contributed by atoms with van der Waals surface area (Å²) >= 11 is 0. The molecule has 0 aliphatic carbocycles. The summed E-state index contributed by atoms with van der Waals surface area (Å²) in [6.45, 7) is 1.69. The van der Waals surface area contributed by atoms with E-state index in [9.17, 15) is 18.0 Å². The van der Waals surface area contributed by atoms with Crippen molar-refractivity contribution in [2.75, 3.05) is 11.9 Å². The van der Waals surface area contributed by atoms with Crippen molar-refractivity contribution < 1.29 is 23.1 Å². The zero-order valence-electron chi connectivity index (χ0n) is 10.8. The Balaban J connectivity index is 2.81. The van der Waals surface area contributed by atoms with Gasteiger partial charge in [0.2, 0.25) is 5.91 Å². The van der Waals surface area contributed by atoms with Gasteiger partial charge in [-0.2, -0.15) is 13.2 Å². The fourth-order valence-corrected chi connectivity index (χ4v) is 1.54. The predicted octanol–water partition coefficient (Wildman–Crippen LogP) is 2.62. The molecule has 6 heteroatoms. The van der Waals surface area contributed by atoms with Crippen molar-refractivity contribution in [3.05, 3.63) is 29.3 Å². The summed E-state index contributed by atoms with van der Waals surface area (Å²) in [5, 5.41) is 10.8. The van der Waals surface area contributed by atoms with Gasteiger partial charge in [0, 0.05) is 17.7 Å². The van der Waals surface area contributed by atoms with E-state index in [2.05, 4.69) is 17.2 Å². The topological polar surface area (TPSA) is 49.3 Å². The maximum Gasteiger partial charge on any atom is 0.397 e. The first-order valence-corrected chi connectivity index (χ1v) is 5.88. The van der Waals surface area contributed by atoms with E-state index < -0.39 is 18.5 Å². The minimum absolute atomic E-state index is 0.0615. The number of hydrogen-bond acceptors (Lipinski definition) is 2. The van der Waals surface area contributed by atoms with Gasteiger partial charge in [-0.15, -0.1) is 0 Å². The van der Waals surface area contributed by atoms with E-state index in [1.165, 1.54) is 6.07 Å². The number of carbonyl (C=O) groups is 1. The second-order valence-corrected chi connectivity index (χ2v) is 4.20. The van der Waals surface area contributed by atoms with Gasteiger partial charge in [-0.05, 0) is 30.7 Å². The van der Waals surface area contributed by atoms with E-state index in [0.717, 1.165) is 5.56 Å². The number of amides is 1. The lowest BCUT2D eigenvalue weighted by Gasteiger charge is -2.09. The van der Waals surface area contributed by atoms with Crippen LogP contribution >= 0.6 is 0 Å². The molecule has 0 aliphatic rings. The Labute approximate surface area is 114 Å². The summed E-state index contributed by atoms with van der Waals surface area (Å²) < 4.78 is 36.2. The molecule has 0 saturated carbocycles. The molecule has 0 bridgehead atoms. The van der Waals surface area contributed by atoms with Crippen molar-refractivity contribution in [2.45, 2.75) is 25.9 Å². The molecule has 0 fully saturated rings. The first-order valence-electron chi connectivity index (χ1n) is 5.88. The molecule has 1 amide bonds. The second-order valence-electron chi connectivity index (χ2n) is 4.20. The molecule has 20 heavy (non-hydrogen) atoms. The Bertz CT molecular complexity index is 542. The first-order chi connectivity index (χ1) is 9.30. The minimum Gasteiger partial charge on any atom is -0.395 e. The molecule has 0 spiro atoms. The predicted molar refractivity (Wildman–Crippen MR) is 69.1 cm³/mol. The summed E-state index contributed by atoms with van der Waals surface area (Å²) in [5.41, 5.74) is 1.61. The third kappa shape index (κ3) is 6.25. The highest BCUT2D eigenvalue weighted by Gasteiger charge is 2.31. The Hall–Kier alpha value is -2.00. The third-order valence-electron chi connectivity index (χ3n) is 2.19. The number of carbonyl (C=O) groups excluding carboxylic acids is 1. The van der Waals surface area contributed by atoms with E-state index in [-0.39, 0.29) is 12.3 Å². The van der Waals surface area contributed by atoms with Crippen LogP contribution in [0.25, 0.3) is 0 Å². The van der Waals surface area contributed by atoms with Crippen LogP contribution in [0.2, 0.25) is 0 Å². The molecule has 108 valence electrons. The van der Waals surface area contributed by atoms with Gasteiger partial charge in [0.25, 0.3) is 0 Å². The van der Waals surface area contributed by atoms with Crippen LogP contribution in [0.3, 0.4) is 0 Å². The van der Waals surface area contributed by atoms with Crippen LogP contribution in [-0.2, 0) is 4.79 Å². The number of alkyl halides is 3. The summed E-state index contributed by atoms with van der Waals surface area (Å²) in [6, 6.07) is 4.79. The van der Waals surface area contributed by atoms with Gasteiger partial charge in [-0.25, -0.2) is 0 Å². The number of aliphatic hydroxyl groups excluding tert-OH is 1. The number of anilines is 1. The van der Waals surface area contributed by atoms with Crippen molar-refractivity contribution >= 4 is 11.6 Å². The van der Waals surface area contributed by atoms with Gasteiger partial charge in [0.15, 0.2) is 0 Å². The maximum atomic E-state index is 12.1. The smallest absolute Gasteiger partial charge is 0.395 e. The van der Waals surface area contributed by atoms with E-state index in [1.54, 1.807) is 19.1 Å². The van der Waals surface area contributed by atoms with Gasteiger partial charge in [-0.1, -0.05) is 11.8 Å². The second kappa shape index (κ2) is 6.96. The molecule has 3 nitrogen and oxygen atoms in total. The Morgan fingerprint density at radius 3 is 2.65 bits per heavy atom. The number of hydrogen-bond donors (Lipinski definition) is 2. The molecule has 0 heterocycles. The Morgan fingerprint density at radius 2 is 2.05 bits per heavy atom. The number of aliphatic hydroxyl groups is 1. The number of halogens is 3. The molecule has 0 atom stereocenters. The van der Waals surface area contributed by atoms with Crippen LogP contribution in [0.4, 0.5) is 18.9 Å². The van der Waals surface area contributed by atoms with Crippen LogP contribution in [0.15, 0.2) is 18.2 Å². The zero-order chi connectivity index (χ0) is 15.2. The molecular formula is C14H14F3NO2. The van der Waals surface area contributed by atoms with Crippen LogP contribution in [-0.4, -0.2) is 23.8 Å². The fourth-order valence-electron chi connectivity index (χ4n) is 1.54. The lowest BCUT2D eigenvalue weighted by atomic mass is 10.1. The quantitative estimate of drug-likeness (QED) is 0.839. The molecular weight excluding hydrogens is 271 g/mol. The van der Waals surface area contributed by atoms with E-state index in [0.29, 0.717) is 12.0 Å². The lowest BCUT2D eigenvalue weighted by molar-refractivity contribution is -0.150. The van der Waals surface area contributed by atoms with Gasteiger partial charge in [0.05, 0.1) is 6.61 Å². The molecule has 2 N–H and O–H groups in total. The number of benzene rings is 1. The highest BCUT2D eigenvalue weighted by atomic mass is 19.4. The average molecular weight is 285 g/mol. The molecule has 0 radical (unpaired) electrons. The van der Waals surface area contributed by atoms with Gasteiger partial charge >= 0.3 is 6.18 Å². The minimum atomic E-state index is -4.53. The molecule has 0 aliphatic heterocycles. The number of aryl methyl sites for hydroxylation is 1. The number of rotatable bonds is 3. The van der Waals surface area contributed by atoms with Gasteiger partial charge < -0.3 is 10.4 Å². The van der Waals surface area contributed by atoms with Crippen LogP contribution in [0, 0.1) is 18.8 Å². The normalized spacial score (nSPS) is 10.7. The van der Waals surface area contributed by atoms with Crippen molar-refractivity contribution in [1.29, 1.82) is 0 Å². The highest BCUT2D eigenvalue weighted by molar-refractivity contribution is 5.91. The van der Waals surface area contributed by atoms with Crippen molar-refractivity contribution in [1.82, 2.24) is 0 Å². The SMILES string of the molecule is Cc1cc(C#CCCO)cc(NC(=O)CC(F)(F)F)c1. The van der Waals surface area contributed by atoms with Crippen LogP contribution < -0.4 is 5.32 Å². The average Bonchev–Trinajstić information content (AvgIpc) is 2.25. The molecule has 0 unspecified atom stereocenters. The van der Waals surface area contributed by atoms with Crippen molar-refractivity contribution in [3.8, 4) is 11.8 Å². The molecule has 0 saturated heterocycles. The highest BCUT2D eigenvalue weighted by Crippen LogP contribution is 2.21. The summed E-state index contributed by atoms with van der Waals surface area (Å²) in [6.07, 6.45) is -5.74. The molecule has 1 aromatic carbocycles. The Kier molecular flexibility index (Phi) is 5.59. The van der Waals surface area contributed by atoms with Gasteiger partial charge in [-0.3, -0.25) is 4.79 Å². The monoisotopic (exact) mass is 285 g/mol. The van der Waals surface area contributed by atoms with Crippen LogP contribution in [0.5, 0.6) is 0 Å². The third-order valence-corrected chi connectivity index (χ3v) is 2.19. The van der Waals surface area contributed by atoms with Crippen molar-refractivity contribution in [2.24, 2.45) is 0 Å². The van der Waals surface area contributed by atoms with E-state index >= 15 is 0 Å². The van der Waals surface area contributed by atoms with E-state index in [4.69, 9.17) is 5.11 Å². The first kappa shape index (κ1) is 16.1. The van der Waals surface area contributed by atoms with Crippen molar-refractivity contribution in [3.63, 3.8) is 0 Å². The summed E-state index contributed by atoms with van der Waals surface area (Å²) in [5.74, 6) is 4.36. The summed E-state index contributed by atoms with van der Waals surface area (Å²) in [7, 11) is 0. The maximum absolute atomic E-state index is 12.1. The molecule has 0 aromatic heterocycles. The summed E-state index contributed by atoms with van der Waals surface area (Å²) in [4.78, 5) is 11.2. The van der Waals surface area contributed by atoms with Gasteiger partial charge in [0.1, 0.15) is 6.42 Å². The lowest BCUT2D eigenvalue weighted by Crippen LogP contribution is -2.21. The fraction of sp³-hybridized carbons (Fsp3) is 0.357. The molecule has 1 aromatic rings.